The Morgan fingerprint density at radius 3 is 3.00 bits per heavy atom. The highest BCUT2D eigenvalue weighted by molar-refractivity contribution is 6.32. The summed E-state index contributed by atoms with van der Waals surface area (Å²) in [6, 6.07) is 7.35. The Balaban J connectivity index is 1.80. The first-order chi connectivity index (χ1) is 8.79. The third kappa shape index (κ3) is 3.22. The van der Waals surface area contributed by atoms with Crippen LogP contribution in [0.4, 0.5) is 5.69 Å². The Hall–Kier alpha value is -2.06. The van der Waals surface area contributed by atoms with E-state index in [0.717, 1.165) is 25.2 Å². The number of nitriles is 1. The molecule has 0 bridgehead atoms. The van der Waals surface area contributed by atoms with Gasteiger partial charge in [0, 0.05) is 25.0 Å². The summed E-state index contributed by atoms with van der Waals surface area (Å²) in [6.07, 6.45) is 4.42. The highest BCUT2D eigenvalue weighted by Gasteiger charge is 2.00. The van der Waals surface area contributed by atoms with Crippen molar-refractivity contribution in [2.24, 2.45) is 0 Å². The maximum Gasteiger partial charge on any atom is 0.101 e. The zero-order chi connectivity index (χ0) is 12.8. The van der Waals surface area contributed by atoms with E-state index in [4.69, 9.17) is 16.9 Å². The zero-order valence-corrected chi connectivity index (χ0v) is 10.4. The number of aromatic nitrogens is 3. The summed E-state index contributed by atoms with van der Waals surface area (Å²) in [5.74, 6) is 0. The molecule has 0 atom stereocenters. The van der Waals surface area contributed by atoms with Gasteiger partial charge in [-0.25, -0.2) is 0 Å². The average Bonchev–Trinajstić information content (AvgIpc) is 2.88. The summed E-state index contributed by atoms with van der Waals surface area (Å²) < 4.78 is 1.79. The second-order valence-electron chi connectivity index (χ2n) is 3.75. The first-order valence-corrected chi connectivity index (χ1v) is 5.95. The van der Waals surface area contributed by atoms with E-state index in [2.05, 4.69) is 15.6 Å². The molecule has 2 rings (SSSR count). The normalized spacial score (nSPS) is 10.0. The summed E-state index contributed by atoms with van der Waals surface area (Å²) in [6.45, 7) is 1.62. The van der Waals surface area contributed by atoms with Gasteiger partial charge in [-0.2, -0.15) is 5.26 Å². The van der Waals surface area contributed by atoms with E-state index in [-0.39, 0.29) is 0 Å². The summed E-state index contributed by atoms with van der Waals surface area (Å²) in [4.78, 5) is 0. The topological polar surface area (TPSA) is 66.5 Å². The van der Waals surface area contributed by atoms with E-state index in [9.17, 15) is 0 Å². The number of halogens is 1. The Kier molecular flexibility index (Phi) is 4.15. The minimum atomic E-state index is 0.471. The molecule has 1 N–H and O–H groups in total. The first kappa shape index (κ1) is 12.4. The molecular weight excluding hydrogens is 250 g/mol. The van der Waals surface area contributed by atoms with Crippen LogP contribution in [0.2, 0.25) is 5.02 Å². The highest BCUT2D eigenvalue weighted by atomic mass is 35.5. The van der Waals surface area contributed by atoms with E-state index < -0.39 is 0 Å². The van der Waals surface area contributed by atoms with Crippen molar-refractivity contribution in [2.75, 3.05) is 11.9 Å². The van der Waals surface area contributed by atoms with Gasteiger partial charge < -0.3 is 5.32 Å². The van der Waals surface area contributed by atoms with Crippen molar-refractivity contribution in [3.63, 3.8) is 0 Å². The summed E-state index contributed by atoms with van der Waals surface area (Å²) in [5, 5.41) is 20.1. The van der Waals surface area contributed by atoms with Crippen molar-refractivity contribution >= 4 is 17.3 Å². The van der Waals surface area contributed by atoms with Gasteiger partial charge in [-0.3, -0.25) is 4.68 Å². The smallest absolute Gasteiger partial charge is 0.101 e. The molecule has 5 nitrogen and oxygen atoms in total. The molecular formula is C12H12ClN5. The lowest BCUT2D eigenvalue weighted by molar-refractivity contribution is 0.570. The molecule has 0 fully saturated rings. The predicted octanol–water partition coefficient (Wildman–Crippen LogP) is 2.31. The fraction of sp³-hybridized carbons (Fsp3) is 0.250. The molecule has 0 spiro atoms. The van der Waals surface area contributed by atoms with Gasteiger partial charge in [-0.15, -0.1) is 5.10 Å². The number of nitrogens with one attached hydrogen (secondary N) is 1. The van der Waals surface area contributed by atoms with Crippen molar-refractivity contribution in [1.29, 1.82) is 5.26 Å². The van der Waals surface area contributed by atoms with E-state index in [0.29, 0.717) is 10.6 Å². The quantitative estimate of drug-likeness (QED) is 0.839. The standard InChI is InChI=1S/C12H12ClN5/c13-12-8-11(3-2-10(12)9-14)15-4-1-6-18-7-5-16-17-18/h2-3,5,7-8,15H,1,4,6H2. The van der Waals surface area contributed by atoms with Gasteiger partial charge in [-0.1, -0.05) is 16.8 Å². The van der Waals surface area contributed by atoms with Crippen molar-refractivity contribution in [1.82, 2.24) is 15.0 Å². The lowest BCUT2D eigenvalue weighted by Crippen LogP contribution is -2.07. The molecule has 1 aromatic heterocycles. The zero-order valence-electron chi connectivity index (χ0n) is 9.67. The second kappa shape index (κ2) is 6.03. The monoisotopic (exact) mass is 261 g/mol. The molecule has 0 saturated carbocycles. The van der Waals surface area contributed by atoms with Gasteiger partial charge in [0.1, 0.15) is 6.07 Å². The molecule has 18 heavy (non-hydrogen) atoms. The van der Waals surface area contributed by atoms with Crippen molar-refractivity contribution in [2.45, 2.75) is 13.0 Å². The van der Waals surface area contributed by atoms with Crippen LogP contribution in [0.15, 0.2) is 30.6 Å². The average molecular weight is 262 g/mol. The minimum absolute atomic E-state index is 0.471. The van der Waals surface area contributed by atoms with Crippen LogP contribution in [-0.4, -0.2) is 21.5 Å². The third-order valence-electron chi connectivity index (χ3n) is 2.45. The molecule has 0 unspecified atom stereocenters. The maximum atomic E-state index is 8.76. The van der Waals surface area contributed by atoms with Gasteiger partial charge in [0.2, 0.25) is 0 Å². The number of benzene rings is 1. The van der Waals surface area contributed by atoms with Crippen LogP contribution in [0, 0.1) is 11.3 Å². The van der Waals surface area contributed by atoms with E-state index in [1.165, 1.54) is 0 Å². The van der Waals surface area contributed by atoms with Gasteiger partial charge in [0.25, 0.3) is 0 Å². The number of aryl methyl sites for hydroxylation is 1. The molecule has 92 valence electrons. The minimum Gasteiger partial charge on any atom is -0.385 e. The van der Waals surface area contributed by atoms with Crippen LogP contribution in [-0.2, 0) is 6.54 Å². The van der Waals surface area contributed by atoms with Crippen LogP contribution in [0.25, 0.3) is 0 Å². The van der Waals surface area contributed by atoms with Crippen LogP contribution in [0.3, 0.4) is 0 Å². The summed E-state index contributed by atoms with van der Waals surface area (Å²) in [7, 11) is 0. The SMILES string of the molecule is N#Cc1ccc(NCCCn2ccnn2)cc1Cl. The molecule has 0 amide bonds. The molecule has 6 heteroatoms. The van der Waals surface area contributed by atoms with Crippen LogP contribution >= 0.6 is 11.6 Å². The molecule has 0 aliphatic rings. The van der Waals surface area contributed by atoms with Gasteiger partial charge >= 0.3 is 0 Å². The fourth-order valence-electron chi connectivity index (χ4n) is 1.54. The number of anilines is 1. The van der Waals surface area contributed by atoms with Crippen LogP contribution < -0.4 is 5.32 Å². The molecule has 1 aromatic carbocycles. The van der Waals surface area contributed by atoms with E-state index >= 15 is 0 Å². The van der Waals surface area contributed by atoms with E-state index in [1.807, 2.05) is 18.3 Å². The highest BCUT2D eigenvalue weighted by Crippen LogP contribution is 2.19. The Bertz CT molecular complexity index is 544. The number of hydrogen-bond donors (Lipinski definition) is 1. The lowest BCUT2D eigenvalue weighted by Gasteiger charge is -2.07. The number of hydrogen-bond acceptors (Lipinski definition) is 4. The Morgan fingerprint density at radius 1 is 1.44 bits per heavy atom. The maximum absolute atomic E-state index is 8.76. The summed E-state index contributed by atoms with van der Waals surface area (Å²) in [5.41, 5.74) is 1.41. The van der Waals surface area contributed by atoms with E-state index in [1.54, 1.807) is 23.0 Å². The van der Waals surface area contributed by atoms with Crippen molar-refractivity contribution in [3.8, 4) is 6.07 Å². The van der Waals surface area contributed by atoms with Crippen LogP contribution in [0.5, 0.6) is 0 Å². The van der Waals surface area contributed by atoms with Gasteiger partial charge in [-0.05, 0) is 24.6 Å². The molecule has 0 aliphatic carbocycles. The van der Waals surface area contributed by atoms with Crippen molar-refractivity contribution < 1.29 is 0 Å². The number of nitrogens with zero attached hydrogens (tertiary/aromatic N) is 4. The molecule has 1 heterocycles. The molecule has 0 saturated heterocycles. The van der Waals surface area contributed by atoms with Gasteiger partial charge in [0.15, 0.2) is 0 Å². The largest absolute Gasteiger partial charge is 0.385 e. The van der Waals surface area contributed by atoms with Crippen LogP contribution in [0.1, 0.15) is 12.0 Å². The fourth-order valence-corrected chi connectivity index (χ4v) is 1.76. The van der Waals surface area contributed by atoms with Gasteiger partial charge in [0.05, 0.1) is 16.8 Å². The summed E-state index contributed by atoms with van der Waals surface area (Å²) >= 11 is 5.94. The first-order valence-electron chi connectivity index (χ1n) is 5.57. The predicted molar refractivity (Wildman–Crippen MR) is 69.3 cm³/mol. The third-order valence-corrected chi connectivity index (χ3v) is 2.77. The Morgan fingerprint density at radius 2 is 2.33 bits per heavy atom. The lowest BCUT2D eigenvalue weighted by atomic mass is 10.2. The Labute approximate surface area is 110 Å². The number of rotatable bonds is 5. The molecule has 2 aromatic rings. The van der Waals surface area contributed by atoms with Crippen molar-refractivity contribution in [3.05, 3.63) is 41.2 Å². The second-order valence-corrected chi connectivity index (χ2v) is 4.16. The molecule has 0 radical (unpaired) electrons. The molecule has 0 aliphatic heterocycles.